The molecule has 0 atom stereocenters. The number of piperazine rings is 1. The molecule has 0 amide bonds. The summed E-state index contributed by atoms with van der Waals surface area (Å²) in [7, 11) is 0. The van der Waals surface area contributed by atoms with Crippen molar-refractivity contribution in [1.82, 2.24) is 25.3 Å². The highest BCUT2D eigenvalue weighted by Crippen LogP contribution is 2.26. The molecule has 0 N–H and O–H groups in total. The van der Waals surface area contributed by atoms with Crippen LogP contribution in [0.5, 0.6) is 0 Å². The lowest BCUT2D eigenvalue weighted by Crippen LogP contribution is -2.46. The quantitative estimate of drug-likeness (QED) is 0.644. The Bertz CT molecular complexity index is 897. The summed E-state index contributed by atoms with van der Waals surface area (Å²) in [5, 5.41) is 17.2. The minimum atomic E-state index is 0.338. The first-order valence-electron chi connectivity index (χ1n) is 10.1. The second-order valence-electron chi connectivity index (χ2n) is 7.44. The van der Waals surface area contributed by atoms with Gasteiger partial charge in [0.1, 0.15) is 5.69 Å². The Morgan fingerprint density at radius 2 is 1.79 bits per heavy atom. The van der Waals surface area contributed by atoms with E-state index in [9.17, 15) is 0 Å². The van der Waals surface area contributed by atoms with E-state index in [4.69, 9.17) is 13.6 Å². The molecule has 0 radical (unpaired) electrons. The van der Waals surface area contributed by atoms with Crippen molar-refractivity contribution in [3.8, 4) is 11.5 Å². The highest BCUT2D eigenvalue weighted by molar-refractivity contribution is 5.53. The smallest absolute Gasteiger partial charge is 0.230 e. The SMILES string of the molecule is c1coc(-c2ccc(N3CCN(Cc4nnc(C5CCOCC5)o4)CC3)nn2)c1. The van der Waals surface area contributed by atoms with E-state index in [2.05, 4.69) is 30.2 Å². The largest absolute Gasteiger partial charge is 0.463 e. The zero-order valence-corrected chi connectivity index (χ0v) is 16.2. The fraction of sp³-hybridized carbons (Fsp3) is 0.500. The molecule has 3 aromatic rings. The molecular formula is C20H24N6O3. The minimum absolute atomic E-state index is 0.338. The second-order valence-corrected chi connectivity index (χ2v) is 7.44. The van der Waals surface area contributed by atoms with Crippen LogP contribution in [-0.4, -0.2) is 64.7 Å². The fourth-order valence-corrected chi connectivity index (χ4v) is 3.82. The topological polar surface area (TPSA) is 93.6 Å². The minimum Gasteiger partial charge on any atom is -0.463 e. The van der Waals surface area contributed by atoms with E-state index in [1.165, 1.54) is 0 Å². The van der Waals surface area contributed by atoms with Crippen molar-refractivity contribution < 1.29 is 13.6 Å². The van der Waals surface area contributed by atoms with Gasteiger partial charge in [0.2, 0.25) is 11.8 Å². The molecule has 3 aromatic heterocycles. The first-order valence-corrected chi connectivity index (χ1v) is 10.1. The zero-order chi connectivity index (χ0) is 19.5. The molecule has 9 heteroatoms. The van der Waals surface area contributed by atoms with Gasteiger partial charge in [0.25, 0.3) is 0 Å². The molecule has 0 saturated carbocycles. The Kier molecular flexibility index (Phi) is 5.23. The molecule has 0 spiro atoms. The van der Waals surface area contributed by atoms with Crippen molar-refractivity contribution in [3.05, 3.63) is 42.3 Å². The second kappa shape index (κ2) is 8.30. The monoisotopic (exact) mass is 396 g/mol. The third-order valence-electron chi connectivity index (χ3n) is 5.53. The van der Waals surface area contributed by atoms with E-state index < -0.39 is 0 Å². The highest BCUT2D eigenvalue weighted by atomic mass is 16.5. The van der Waals surface area contributed by atoms with Crippen LogP contribution in [0.3, 0.4) is 0 Å². The van der Waals surface area contributed by atoms with Crippen LogP contribution in [0.25, 0.3) is 11.5 Å². The summed E-state index contributed by atoms with van der Waals surface area (Å²) in [4.78, 5) is 4.58. The average Bonchev–Trinajstić information content (AvgIpc) is 3.48. The first-order chi connectivity index (χ1) is 14.3. The van der Waals surface area contributed by atoms with E-state index in [-0.39, 0.29) is 0 Å². The van der Waals surface area contributed by atoms with Crippen LogP contribution >= 0.6 is 0 Å². The van der Waals surface area contributed by atoms with E-state index in [0.29, 0.717) is 18.4 Å². The van der Waals surface area contributed by atoms with Gasteiger partial charge in [-0.1, -0.05) is 0 Å². The molecule has 9 nitrogen and oxygen atoms in total. The van der Waals surface area contributed by atoms with Crippen LogP contribution in [-0.2, 0) is 11.3 Å². The lowest BCUT2D eigenvalue weighted by Gasteiger charge is -2.34. The van der Waals surface area contributed by atoms with Gasteiger partial charge in [-0.2, -0.15) is 0 Å². The number of hydrogen-bond acceptors (Lipinski definition) is 9. The van der Waals surface area contributed by atoms with Crippen molar-refractivity contribution in [2.75, 3.05) is 44.3 Å². The van der Waals surface area contributed by atoms with Gasteiger partial charge in [-0.05, 0) is 37.1 Å². The maximum absolute atomic E-state index is 5.92. The number of aromatic nitrogens is 4. The summed E-state index contributed by atoms with van der Waals surface area (Å²) in [5.41, 5.74) is 0.745. The Balaban J connectivity index is 1.14. The summed E-state index contributed by atoms with van der Waals surface area (Å²) >= 11 is 0. The van der Waals surface area contributed by atoms with E-state index >= 15 is 0 Å². The van der Waals surface area contributed by atoms with Gasteiger partial charge in [-0.3, -0.25) is 4.90 Å². The molecule has 152 valence electrons. The molecule has 2 saturated heterocycles. The number of furan rings is 1. The summed E-state index contributed by atoms with van der Waals surface area (Å²) in [6.07, 6.45) is 3.56. The van der Waals surface area contributed by atoms with Crippen molar-refractivity contribution in [2.24, 2.45) is 0 Å². The van der Waals surface area contributed by atoms with Crippen molar-refractivity contribution >= 4 is 5.82 Å². The summed E-state index contributed by atoms with van der Waals surface area (Å²) < 4.78 is 16.7. The van der Waals surface area contributed by atoms with Crippen LogP contribution in [0.15, 0.2) is 39.4 Å². The van der Waals surface area contributed by atoms with Gasteiger partial charge in [0.05, 0.1) is 12.8 Å². The lowest BCUT2D eigenvalue weighted by atomic mass is 10.0. The van der Waals surface area contributed by atoms with Crippen LogP contribution < -0.4 is 4.90 Å². The zero-order valence-electron chi connectivity index (χ0n) is 16.2. The van der Waals surface area contributed by atoms with Gasteiger partial charge in [0, 0.05) is 45.3 Å². The summed E-state index contributed by atoms with van der Waals surface area (Å²) in [6, 6.07) is 7.68. The fourth-order valence-electron chi connectivity index (χ4n) is 3.82. The van der Waals surface area contributed by atoms with Crippen LogP contribution in [0.4, 0.5) is 5.82 Å². The van der Waals surface area contributed by atoms with Gasteiger partial charge >= 0.3 is 0 Å². The Hall–Kier alpha value is -2.78. The lowest BCUT2D eigenvalue weighted by molar-refractivity contribution is 0.0788. The van der Waals surface area contributed by atoms with Crippen LogP contribution in [0.2, 0.25) is 0 Å². The van der Waals surface area contributed by atoms with Crippen LogP contribution in [0.1, 0.15) is 30.5 Å². The summed E-state index contributed by atoms with van der Waals surface area (Å²) in [6.45, 7) is 5.83. The van der Waals surface area contributed by atoms with Crippen molar-refractivity contribution in [2.45, 2.75) is 25.3 Å². The maximum atomic E-state index is 5.92. The van der Waals surface area contributed by atoms with Gasteiger partial charge in [-0.15, -0.1) is 20.4 Å². The molecule has 0 bridgehead atoms. The third-order valence-corrected chi connectivity index (χ3v) is 5.53. The van der Waals surface area contributed by atoms with E-state index in [1.54, 1.807) is 6.26 Å². The highest BCUT2D eigenvalue weighted by Gasteiger charge is 2.24. The Morgan fingerprint density at radius 1 is 0.931 bits per heavy atom. The van der Waals surface area contributed by atoms with Crippen molar-refractivity contribution in [1.29, 1.82) is 0 Å². The van der Waals surface area contributed by atoms with Gasteiger partial charge in [-0.25, -0.2) is 0 Å². The van der Waals surface area contributed by atoms with Crippen molar-refractivity contribution in [3.63, 3.8) is 0 Å². The molecule has 2 aliphatic rings. The predicted molar refractivity (Wildman–Crippen MR) is 104 cm³/mol. The molecule has 29 heavy (non-hydrogen) atoms. The molecule has 0 aliphatic carbocycles. The molecular weight excluding hydrogens is 372 g/mol. The Morgan fingerprint density at radius 3 is 2.52 bits per heavy atom. The number of nitrogens with zero attached hydrogens (tertiary/aromatic N) is 6. The number of hydrogen-bond donors (Lipinski definition) is 0. The van der Waals surface area contributed by atoms with E-state index in [0.717, 1.165) is 75.4 Å². The maximum Gasteiger partial charge on any atom is 0.230 e. The Labute approximate surface area is 168 Å². The first kappa shape index (κ1) is 18.3. The summed E-state index contributed by atoms with van der Waals surface area (Å²) in [5.74, 6) is 3.41. The average molecular weight is 396 g/mol. The number of anilines is 1. The molecule has 2 aliphatic heterocycles. The molecule has 0 unspecified atom stereocenters. The molecule has 2 fully saturated rings. The number of rotatable bonds is 5. The third kappa shape index (κ3) is 4.15. The molecule has 5 heterocycles. The normalized spacial score (nSPS) is 19.0. The standard InChI is InChI=1S/C20H24N6O3/c1-2-17(28-11-1)16-3-4-18(22-21-16)26-9-7-25(8-10-26)14-19-23-24-20(29-19)15-5-12-27-13-6-15/h1-4,11,15H,5-10,12-14H2. The molecule has 5 rings (SSSR count). The van der Waals surface area contributed by atoms with E-state index in [1.807, 2.05) is 24.3 Å². The van der Waals surface area contributed by atoms with Crippen LogP contribution in [0, 0.1) is 0 Å². The van der Waals surface area contributed by atoms with Gasteiger partial charge in [0.15, 0.2) is 11.6 Å². The number of ether oxygens (including phenoxy) is 1. The predicted octanol–water partition coefficient (Wildman–Crippen LogP) is 2.34. The molecule has 0 aromatic carbocycles. The van der Waals surface area contributed by atoms with Gasteiger partial charge < -0.3 is 18.5 Å².